The van der Waals surface area contributed by atoms with E-state index in [2.05, 4.69) is 0 Å². The third-order valence-electron chi connectivity index (χ3n) is 5.65. The molecular weight excluding hydrogens is 442 g/mol. The van der Waals surface area contributed by atoms with Crippen molar-refractivity contribution in [1.29, 1.82) is 0 Å². The van der Waals surface area contributed by atoms with Crippen molar-refractivity contribution >= 4 is 34.7 Å². The molecule has 1 N–H and O–H groups in total. The number of aliphatic hydroxyl groups excluding tert-OH is 1. The number of Topliss-reactive ketones (excluding diaryl/α,β-unsaturated/α-hetero) is 1. The number of methoxy groups -OCH3 is 2. The lowest BCUT2D eigenvalue weighted by atomic mass is 9.94. The van der Waals surface area contributed by atoms with Crippen molar-refractivity contribution in [3.8, 4) is 11.5 Å². The number of anilines is 1. The molecule has 6 nitrogen and oxygen atoms in total. The second-order valence-corrected chi connectivity index (χ2v) is 8.01. The average Bonchev–Trinajstić information content (AvgIpc) is 3.09. The number of para-hydroxylation sites is 1. The molecule has 1 amide bonds. The van der Waals surface area contributed by atoms with Gasteiger partial charge in [0.25, 0.3) is 11.7 Å². The highest BCUT2D eigenvalue weighted by Gasteiger charge is 2.47. The van der Waals surface area contributed by atoms with Gasteiger partial charge in [-0.05, 0) is 54.4 Å². The number of aliphatic hydroxyl groups is 1. The van der Waals surface area contributed by atoms with Crippen LogP contribution in [-0.4, -0.2) is 31.0 Å². The van der Waals surface area contributed by atoms with Crippen molar-refractivity contribution < 1.29 is 24.2 Å². The quantitative estimate of drug-likeness (QED) is 0.316. The second kappa shape index (κ2) is 9.00. The number of benzene rings is 3. The van der Waals surface area contributed by atoms with Crippen LogP contribution in [0.25, 0.3) is 5.76 Å². The van der Waals surface area contributed by atoms with E-state index < -0.39 is 17.7 Å². The molecule has 0 spiro atoms. The Labute approximate surface area is 196 Å². The lowest BCUT2D eigenvalue weighted by Gasteiger charge is -2.27. The summed E-state index contributed by atoms with van der Waals surface area (Å²) in [6, 6.07) is 18.2. The fourth-order valence-electron chi connectivity index (χ4n) is 4.05. The first kappa shape index (κ1) is 22.4. The van der Waals surface area contributed by atoms with Gasteiger partial charge in [0.15, 0.2) is 0 Å². The Morgan fingerprint density at radius 3 is 2.42 bits per heavy atom. The van der Waals surface area contributed by atoms with Crippen molar-refractivity contribution in [2.24, 2.45) is 0 Å². The fourth-order valence-corrected chi connectivity index (χ4v) is 4.22. The number of ketones is 1. The molecule has 1 unspecified atom stereocenters. The molecule has 3 aromatic carbocycles. The van der Waals surface area contributed by atoms with E-state index in [9.17, 15) is 14.7 Å². The maximum Gasteiger partial charge on any atom is 0.300 e. The maximum atomic E-state index is 13.3. The van der Waals surface area contributed by atoms with Gasteiger partial charge < -0.3 is 14.6 Å². The van der Waals surface area contributed by atoms with Crippen LogP contribution in [0.1, 0.15) is 22.7 Å². The third kappa shape index (κ3) is 3.94. The van der Waals surface area contributed by atoms with E-state index in [1.807, 2.05) is 19.1 Å². The van der Waals surface area contributed by atoms with Crippen LogP contribution in [0.4, 0.5) is 5.69 Å². The molecule has 1 atom stereocenters. The molecule has 0 radical (unpaired) electrons. The van der Waals surface area contributed by atoms with Gasteiger partial charge in [0.2, 0.25) is 0 Å². The highest BCUT2D eigenvalue weighted by molar-refractivity contribution is 6.51. The van der Waals surface area contributed by atoms with Gasteiger partial charge in [-0.3, -0.25) is 14.5 Å². The van der Waals surface area contributed by atoms with Crippen LogP contribution in [0.2, 0.25) is 5.02 Å². The second-order valence-electron chi connectivity index (χ2n) is 7.58. The summed E-state index contributed by atoms with van der Waals surface area (Å²) in [7, 11) is 2.99. The molecule has 4 rings (SSSR count). The summed E-state index contributed by atoms with van der Waals surface area (Å²) in [6.07, 6.45) is 0. The van der Waals surface area contributed by atoms with Gasteiger partial charge in [-0.15, -0.1) is 0 Å². The molecule has 1 saturated heterocycles. The lowest BCUT2D eigenvalue weighted by molar-refractivity contribution is -0.132. The first-order chi connectivity index (χ1) is 15.9. The number of ether oxygens (including phenoxy) is 2. The summed E-state index contributed by atoms with van der Waals surface area (Å²) in [5, 5.41) is 11.7. The minimum absolute atomic E-state index is 0.0583. The van der Waals surface area contributed by atoms with Crippen molar-refractivity contribution in [3.05, 3.63) is 94.0 Å². The van der Waals surface area contributed by atoms with Crippen molar-refractivity contribution in [2.45, 2.75) is 13.0 Å². The third-order valence-corrected chi connectivity index (χ3v) is 5.88. The molecule has 1 aliphatic heterocycles. The van der Waals surface area contributed by atoms with Gasteiger partial charge in [-0.25, -0.2) is 0 Å². The first-order valence-corrected chi connectivity index (χ1v) is 10.6. The number of nitrogens with zero attached hydrogens (tertiary/aromatic N) is 1. The van der Waals surface area contributed by atoms with Crippen LogP contribution < -0.4 is 14.4 Å². The van der Waals surface area contributed by atoms with Crippen molar-refractivity contribution in [2.75, 3.05) is 19.1 Å². The Morgan fingerprint density at radius 2 is 1.73 bits per heavy atom. The average molecular weight is 464 g/mol. The molecule has 1 heterocycles. The Morgan fingerprint density at radius 1 is 0.970 bits per heavy atom. The van der Waals surface area contributed by atoms with Crippen LogP contribution in [0, 0.1) is 6.92 Å². The van der Waals surface area contributed by atoms with Gasteiger partial charge in [0.05, 0.1) is 31.4 Å². The summed E-state index contributed by atoms with van der Waals surface area (Å²) >= 11 is 6.16. The van der Waals surface area contributed by atoms with Gasteiger partial charge in [0, 0.05) is 10.7 Å². The van der Waals surface area contributed by atoms with Crippen LogP contribution in [0.5, 0.6) is 11.5 Å². The lowest BCUT2D eigenvalue weighted by Crippen LogP contribution is -2.30. The van der Waals surface area contributed by atoms with Gasteiger partial charge in [-0.2, -0.15) is 0 Å². The topological polar surface area (TPSA) is 76.1 Å². The summed E-state index contributed by atoms with van der Waals surface area (Å²) in [5.41, 5.74) is 2.16. The van der Waals surface area contributed by atoms with E-state index in [0.29, 0.717) is 27.8 Å². The first-order valence-electron chi connectivity index (χ1n) is 10.2. The van der Waals surface area contributed by atoms with E-state index in [0.717, 1.165) is 5.56 Å². The molecule has 1 aliphatic rings. The SMILES string of the molecule is COc1cccc(C2/C(=C(\O)c3cc(Cl)ccc3OC)C(=O)C(=O)N2c2ccccc2C)c1. The smallest absolute Gasteiger partial charge is 0.300 e. The number of aryl methyl sites for hydroxylation is 1. The number of rotatable bonds is 5. The summed E-state index contributed by atoms with van der Waals surface area (Å²) in [6.45, 7) is 1.86. The number of carbonyl (C=O) groups is 2. The maximum absolute atomic E-state index is 13.3. The van der Waals surface area contributed by atoms with Crippen molar-refractivity contribution in [3.63, 3.8) is 0 Å². The normalized spacial score (nSPS) is 17.3. The molecule has 168 valence electrons. The monoisotopic (exact) mass is 463 g/mol. The minimum Gasteiger partial charge on any atom is -0.507 e. The van der Waals surface area contributed by atoms with Crippen LogP contribution >= 0.6 is 11.6 Å². The van der Waals surface area contributed by atoms with Gasteiger partial charge in [0.1, 0.15) is 17.3 Å². The summed E-state index contributed by atoms with van der Waals surface area (Å²) in [5.74, 6) is -1.02. The Balaban J connectivity index is 2.02. The number of hydrogen-bond donors (Lipinski definition) is 1. The van der Waals surface area contributed by atoms with Crippen LogP contribution in [-0.2, 0) is 9.59 Å². The largest absolute Gasteiger partial charge is 0.507 e. The zero-order valence-corrected chi connectivity index (χ0v) is 19.1. The van der Waals surface area contributed by atoms with Crippen LogP contribution in [0.15, 0.2) is 72.3 Å². The van der Waals surface area contributed by atoms with Crippen LogP contribution in [0.3, 0.4) is 0 Å². The number of hydrogen-bond acceptors (Lipinski definition) is 5. The van der Waals surface area contributed by atoms with E-state index in [-0.39, 0.29) is 16.9 Å². The Kier molecular flexibility index (Phi) is 6.11. The predicted molar refractivity (Wildman–Crippen MR) is 127 cm³/mol. The Bertz CT molecular complexity index is 1280. The summed E-state index contributed by atoms with van der Waals surface area (Å²) < 4.78 is 10.7. The highest BCUT2D eigenvalue weighted by Crippen LogP contribution is 2.44. The van der Waals surface area contributed by atoms with E-state index in [4.69, 9.17) is 21.1 Å². The fraction of sp³-hybridized carbons (Fsp3) is 0.154. The Hall–Kier alpha value is -3.77. The van der Waals surface area contributed by atoms with E-state index in [1.54, 1.807) is 48.5 Å². The zero-order valence-electron chi connectivity index (χ0n) is 18.3. The molecule has 1 fully saturated rings. The van der Waals surface area contributed by atoms with Gasteiger partial charge >= 0.3 is 0 Å². The van der Waals surface area contributed by atoms with Gasteiger partial charge in [-0.1, -0.05) is 41.9 Å². The number of halogens is 1. The molecule has 0 aliphatic carbocycles. The summed E-state index contributed by atoms with van der Waals surface area (Å²) in [4.78, 5) is 28.0. The van der Waals surface area contributed by atoms with E-state index >= 15 is 0 Å². The number of amides is 1. The molecule has 0 aromatic heterocycles. The molecule has 0 saturated carbocycles. The standard InChI is InChI=1S/C26H22ClNO5/c1-15-7-4-5-10-20(15)28-23(16-8-6-9-18(13-16)32-2)22(25(30)26(28)31)24(29)19-14-17(27)11-12-21(19)33-3/h4-14,23,29H,1-3H3/b24-22+. The minimum atomic E-state index is -0.884. The molecular formula is C26H22ClNO5. The van der Waals surface area contributed by atoms with Crippen molar-refractivity contribution in [1.82, 2.24) is 0 Å². The molecule has 7 heteroatoms. The predicted octanol–water partition coefficient (Wildman–Crippen LogP) is 5.29. The highest BCUT2D eigenvalue weighted by atomic mass is 35.5. The zero-order chi connectivity index (χ0) is 23.7. The molecule has 0 bridgehead atoms. The molecule has 3 aromatic rings. The van der Waals surface area contributed by atoms with E-state index in [1.165, 1.54) is 25.2 Å². The number of carbonyl (C=O) groups excluding carboxylic acids is 2. The molecule has 33 heavy (non-hydrogen) atoms.